The van der Waals surface area contributed by atoms with Gasteiger partial charge in [0.25, 0.3) is 11.8 Å². The smallest absolute Gasteiger partial charge is 0.292 e. The van der Waals surface area contributed by atoms with Crippen molar-refractivity contribution in [1.29, 1.82) is 0 Å². The third-order valence-electron chi connectivity index (χ3n) is 6.24. The maximum atomic E-state index is 13.6. The SMILES string of the molecule is Cc1c(C(=O)Nc2sc3c(c2C(=O)NC[C@H]2CCCO2)CCCC3)oc2ccc(F)cc12. The van der Waals surface area contributed by atoms with Gasteiger partial charge in [-0.15, -0.1) is 11.3 Å². The molecule has 1 aromatic carbocycles. The van der Waals surface area contributed by atoms with Crippen LogP contribution in [-0.2, 0) is 17.6 Å². The number of carbonyl (C=O) groups excluding carboxylic acids is 2. The molecule has 1 fully saturated rings. The third-order valence-corrected chi connectivity index (χ3v) is 7.45. The Bertz CT molecular complexity index is 1190. The number of ether oxygens (including phenoxy) is 1. The van der Waals surface area contributed by atoms with E-state index in [9.17, 15) is 14.0 Å². The molecule has 2 N–H and O–H groups in total. The summed E-state index contributed by atoms with van der Waals surface area (Å²) in [5.74, 6) is -0.878. The number of carbonyl (C=O) groups is 2. The Balaban J connectivity index is 1.43. The molecule has 3 heterocycles. The number of thiophene rings is 1. The first kappa shape index (κ1) is 21.2. The van der Waals surface area contributed by atoms with Crippen molar-refractivity contribution in [2.45, 2.75) is 51.6 Å². The minimum Gasteiger partial charge on any atom is -0.451 e. The molecule has 8 heteroatoms. The maximum Gasteiger partial charge on any atom is 0.292 e. The average Bonchev–Trinajstić information content (AvgIpc) is 3.50. The summed E-state index contributed by atoms with van der Waals surface area (Å²) in [5, 5.41) is 7.01. The van der Waals surface area contributed by atoms with Gasteiger partial charge in [0.05, 0.1) is 11.7 Å². The molecule has 0 saturated carbocycles. The second-order valence-corrected chi connectivity index (χ2v) is 9.52. The number of furan rings is 1. The maximum absolute atomic E-state index is 13.6. The number of fused-ring (bicyclic) bond motifs is 2. The van der Waals surface area contributed by atoms with Crippen molar-refractivity contribution in [1.82, 2.24) is 5.32 Å². The normalized spacial score (nSPS) is 18.0. The van der Waals surface area contributed by atoms with E-state index in [1.54, 1.807) is 6.92 Å². The molecular formula is C24H25FN2O4S. The first-order valence-electron chi connectivity index (χ1n) is 11.1. The first-order chi connectivity index (χ1) is 15.5. The number of amides is 2. The van der Waals surface area contributed by atoms with Gasteiger partial charge in [0, 0.05) is 29.0 Å². The minimum absolute atomic E-state index is 0.0463. The largest absolute Gasteiger partial charge is 0.451 e. The third kappa shape index (κ3) is 3.93. The number of hydrogen-bond acceptors (Lipinski definition) is 5. The van der Waals surface area contributed by atoms with E-state index in [4.69, 9.17) is 9.15 Å². The van der Waals surface area contributed by atoms with Crippen molar-refractivity contribution < 1.29 is 23.1 Å². The zero-order valence-electron chi connectivity index (χ0n) is 17.9. The number of rotatable bonds is 5. The van der Waals surface area contributed by atoms with Crippen LogP contribution in [0.5, 0.6) is 0 Å². The minimum atomic E-state index is -0.439. The average molecular weight is 457 g/mol. The molecule has 2 aromatic heterocycles. The van der Waals surface area contributed by atoms with E-state index in [0.717, 1.165) is 55.6 Å². The second-order valence-electron chi connectivity index (χ2n) is 8.41. The summed E-state index contributed by atoms with van der Waals surface area (Å²) in [5.41, 5.74) is 2.61. The van der Waals surface area contributed by atoms with Gasteiger partial charge in [-0.2, -0.15) is 0 Å². The molecule has 1 atom stereocenters. The van der Waals surface area contributed by atoms with Gasteiger partial charge in [-0.3, -0.25) is 9.59 Å². The van der Waals surface area contributed by atoms with E-state index >= 15 is 0 Å². The molecule has 0 radical (unpaired) electrons. The molecule has 2 amide bonds. The van der Waals surface area contributed by atoms with Crippen LogP contribution in [0.3, 0.4) is 0 Å². The van der Waals surface area contributed by atoms with Gasteiger partial charge >= 0.3 is 0 Å². The van der Waals surface area contributed by atoms with Gasteiger partial charge < -0.3 is 19.8 Å². The fourth-order valence-corrected chi connectivity index (χ4v) is 5.85. The van der Waals surface area contributed by atoms with Crippen LogP contribution in [-0.4, -0.2) is 31.1 Å². The highest BCUT2D eigenvalue weighted by molar-refractivity contribution is 7.17. The van der Waals surface area contributed by atoms with Gasteiger partial charge in [-0.05, 0) is 69.2 Å². The molecule has 32 heavy (non-hydrogen) atoms. The molecule has 0 bridgehead atoms. The van der Waals surface area contributed by atoms with Crippen LogP contribution in [0.15, 0.2) is 22.6 Å². The van der Waals surface area contributed by atoms with Crippen LogP contribution in [0.1, 0.15) is 62.6 Å². The summed E-state index contributed by atoms with van der Waals surface area (Å²) in [7, 11) is 0. The number of hydrogen-bond donors (Lipinski definition) is 2. The number of anilines is 1. The molecule has 3 aromatic rings. The van der Waals surface area contributed by atoms with E-state index in [1.165, 1.54) is 29.5 Å². The van der Waals surface area contributed by atoms with Crippen LogP contribution >= 0.6 is 11.3 Å². The Kier molecular flexibility index (Phi) is 5.73. The van der Waals surface area contributed by atoms with Crippen molar-refractivity contribution in [2.24, 2.45) is 0 Å². The van der Waals surface area contributed by atoms with Crippen LogP contribution < -0.4 is 10.6 Å². The lowest BCUT2D eigenvalue weighted by Gasteiger charge is -2.15. The number of halogens is 1. The molecule has 0 unspecified atom stereocenters. The highest BCUT2D eigenvalue weighted by Gasteiger charge is 2.28. The van der Waals surface area contributed by atoms with Gasteiger partial charge in [0.15, 0.2) is 5.76 Å². The van der Waals surface area contributed by atoms with Crippen molar-refractivity contribution in [3.63, 3.8) is 0 Å². The molecule has 5 rings (SSSR count). The van der Waals surface area contributed by atoms with Crippen LogP contribution in [0, 0.1) is 12.7 Å². The van der Waals surface area contributed by atoms with Crippen LogP contribution in [0.2, 0.25) is 0 Å². The van der Waals surface area contributed by atoms with E-state index in [1.807, 2.05) is 0 Å². The van der Waals surface area contributed by atoms with Crippen molar-refractivity contribution in [3.05, 3.63) is 51.3 Å². The molecule has 0 spiro atoms. The predicted octanol–water partition coefficient (Wildman–Crippen LogP) is 4.98. The van der Waals surface area contributed by atoms with E-state index in [2.05, 4.69) is 10.6 Å². The summed E-state index contributed by atoms with van der Waals surface area (Å²) in [6.07, 6.45) is 5.83. The van der Waals surface area contributed by atoms with Gasteiger partial charge in [-0.1, -0.05) is 0 Å². The van der Waals surface area contributed by atoms with E-state index in [-0.39, 0.29) is 23.6 Å². The summed E-state index contributed by atoms with van der Waals surface area (Å²) in [6.45, 7) is 2.93. The Morgan fingerprint density at radius 2 is 2.03 bits per heavy atom. The number of nitrogens with one attached hydrogen (secondary N) is 2. The molecular weight excluding hydrogens is 431 g/mol. The first-order valence-corrected chi connectivity index (χ1v) is 11.9. The zero-order valence-corrected chi connectivity index (χ0v) is 18.7. The summed E-state index contributed by atoms with van der Waals surface area (Å²) in [4.78, 5) is 27.4. The quantitative estimate of drug-likeness (QED) is 0.567. The highest BCUT2D eigenvalue weighted by atomic mass is 32.1. The topological polar surface area (TPSA) is 80.6 Å². The fraction of sp³-hybridized carbons (Fsp3) is 0.417. The Morgan fingerprint density at radius 3 is 2.84 bits per heavy atom. The molecule has 2 aliphatic rings. The Hall–Kier alpha value is -2.71. The molecule has 1 aliphatic carbocycles. The summed E-state index contributed by atoms with van der Waals surface area (Å²) < 4.78 is 25.0. The lowest BCUT2D eigenvalue weighted by Crippen LogP contribution is -2.32. The Morgan fingerprint density at radius 1 is 1.19 bits per heavy atom. The summed E-state index contributed by atoms with van der Waals surface area (Å²) >= 11 is 1.46. The van der Waals surface area contributed by atoms with Crippen molar-refractivity contribution in [2.75, 3.05) is 18.5 Å². The highest BCUT2D eigenvalue weighted by Crippen LogP contribution is 2.39. The predicted molar refractivity (Wildman–Crippen MR) is 121 cm³/mol. The second kappa shape index (κ2) is 8.67. The van der Waals surface area contributed by atoms with Crippen LogP contribution in [0.4, 0.5) is 9.39 Å². The standard InChI is InChI=1S/C24H25FN2O4S/c1-13-17-11-14(25)8-9-18(17)31-21(13)23(29)27-24-20(16-6-2-3-7-19(16)32-24)22(28)26-12-15-5-4-10-30-15/h8-9,11,15H,2-7,10,12H2,1H3,(H,26,28)(H,27,29)/t15-/m1/s1. The lowest BCUT2D eigenvalue weighted by atomic mass is 9.95. The van der Waals surface area contributed by atoms with E-state index in [0.29, 0.717) is 33.6 Å². The fourth-order valence-electron chi connectivity index (χ4n) is 4.56. The number of benzene rings is 1. The van der Waals surface area contributed by atoms with Crippen molar-refractivity contribution >= 4 is 39.1 Å². The van der Waals surface area contributed by atoms with Crippen molar-refractivity contribution in [3.8, 4) is 0 Å². The van der Waals surface area contributed by atoms with Crippen LogP contribution in [0.25, 0.3) is 11.0 Å². The summed E-state index contributed by atoms with van der Waals surface area (Å²) in [6, 6.07) is 4.18. The lowest BCUT2D eigenvalue weighted by molar-refractivity contribution is 0.0858. The molecule has 6 nitrogen and oxygen atoms in total. The van der Waals surface area contributed by atoms with Gasteiger partial charge in [-0.25, -0.2) is 4.39 Å². The van der Waals surface area contributed by atoms with E-state index < -0.39 is 5.91 Å². The molecule has 168 valence electrons. The number of aryl methyl sites for hydroxylation is 2. The van der Waals surface area contributed by atoms with Gasteiger partial charge in [0.1, 0.15) is 16.4 Å². The Labute approximate surface area is 189 Å². The monoisotopic (exact) mass is 456 g/mol. The molecule has 1 saturated heterocycles. The molecule has 1 aliphatic heterocycles. The zero-order chi connectivity index (χ0) is 22.2. The van der Waals surface area contributed by atoms with Gasteiger partial charge in [0.2, 0.25) is 0 Å².